The summed E-state index contributed by atoms with van der Waals surface area (Å²) in [5.41, 5.74) is 2.44. The van der Waals surface area contributed by atoms with E-state index < -0.39 is 12.2 Å². The van der Waals surface area contributed by atoms with Crippen molar-refractivity contribution in [2.45, 2.75) is 18.6 Å². The van der Waals surface area contributed by atoms with E-state index in [0.717, 1.165) is 17.9 Å². The molecule has 2 aliphatic heterocycles. The van der Waals surface area contributed by atoms with Gasteiger partial charge in [-0.15, -0.1) is 0 Å². The lowest BCUT2D eigenvalue weighted by atomic mass is 10.0. The highest BCUT2D eigenvalue weighted by molar-refractivity contribution is 6.35. The van der Waals surface area contributed by atoms with Gasteiger partial charge in [0.25, 0.3) is 5.91 Å². The van der Waals surface area contributed by atoms with Gasteiger partial charge < -0.3 is 19.9 Å². The lowest BCUT2D eigenvalue weighted by Gasteiger charge is -2.32. The van der Waals surface area contributed by atoms with Crippen LogP contribution in [0.25, 0.3) is 11.3 Å². The van der Waals surface area contributed by atoms with Crippen molar-refractivity contribution in [3.63, 3.8) is 0 Å². The molecule has 9 nitrogen and oxygen atoms in total. The molecule has 3 aromatic rings. The predicted octanol–water partition coefficient (Wildman–Crippen LogP) is 3.97. The van der Waals surface area contributed by atoms with Crippen LogP contribution in [0.15, 0.2) is 36.7 Å². The average Bonchev–Trinajstić information content (AvgIpc) is 3.22. The zero-order valence-corrected chi connectivity index (χ0v) is 20.5. The Kier molecular flexibility index (Phi) is 6.88. The molecular weight excluding hydrogens is 496 g/mol. The first-order valence-electron chi connectivity index (χ1n) is 11.2. The fourth-order valence-electron chi connectivity index (χ4n) is 4.32. The van der Waals surface area contributed by atoms with Gasteiger partial charge in [0.1, 0.15) is 17.9 Å². The van der Waals surface area contributed by atoms with Crippen molar-refractivity contribution in [3.8, 4) is 11.3 Å². The second-order valence-corrected chi connectivity index (χ2v) is 9.35. The number of morpholine rings is 1. The number of halogens is 3. The van der Waals surface area contributed by atoms with Crippen molar-refractivity contribution in [2.24, 2.45) is 0 Å². The zero-order chi connectivity index (χ0) is 24.5. The van der Waals surface area contributed by atoms with Gasteiger partial charge >= 0.3 is 0 Å². The van der Waals surface area contributed by atoms with Crippen LogP contribution in [0.2, 0.25) is 10.2 Å². The normalized spacial score (nSPS) is 21.4. The van der Waals surface area contributed by atoms with Gasteiger partial charge in [0.2, 0.25) is 5.95 Å². The van der Waals surface area contributed by atoms with E-state index in [2.05, 4.69) is 20.4 Å². The van der Waals surface area contributed by atoms with Crippen molar-refractivity contribution < 1.29 is 13.9 Å². The molecule has 0 aliphatic carbocycles. The highest BCUT2D eigenvalue weighted by Crippen LogP contribution is 2.36. The molecule has 2 atom stereocenters. The molecule has 0 spiro atoms. The molecule has 2 aliphatic rings. The monoisotopic (exact) mass is 519 g/mol. The Bertz CT molecular complexity index is 1220. The lowest BCUT2D eigenvalue weighted by Crippen LogP contribution is -2.41. The Morgan fingerprint density at radius 2 is 1.97 bits per heavy atom. The van der Waals surface area contributed by atoms with E-state index in [1.807, 2.05) is 36.2 Å². The number of hydrogen-bond donors (Lipinski definition) is 1. The first-order chi connectivity index (χ1) is 16.9. The van der Waals surface area contributed by atoms with E-state index in [1.165, 1.54) is 10.9 Å². The number of likely N-dealkylation sites (tertiary alicyclic amines) is 1. The second-order valence-electron chi connectivity index (χ2n) is 8.59. The molecule has 2 aromatic heterocycles. The highest BCUT2D eigenvalue weighted by Gasteiger charge is 2.32. The molecule has 1 aromatic carbocycles. The number of carbonyl (C=O) groups is 1. The number of rotatable bonds is 5. The quantitative estimate of drug-likeness (QED) is 0.545. The minimum atomic E-state index is -1.08. The van der Waals surface area contributed by atoms with Gasteiger partial charge in [-0.2, -0.15) is 5.10 Å². The fraction of sp³-hybridized carbons (Fsp3) is 0.391. The maximum absolute atomic E-state index is 14.7. The summed E-state index contributed by atoms with van der Waals surface area (Å²) in [6.45, 7) is 2.21. The molecule has 0 bridgehead atoms. The molecule has 0 unspecified atom stereocenters. The van der Waals surface area contributed by atoms with E-state index in [9.17, 15) is 9.18 Å². The summed E-state index contributed by atoms with van der Waals surface area (Å²) in [7, 11) is 1.89. The summed E-state index contributed by atoms with van der Waals surface area (Å²) < 4.78 is 21.4. The smallest absolute Gasteiger partial charge is 0.253 e. The van der Waals surface area contributed by atoms with E-state index in [1.54, 1.807) is 11.1 Å². The number of nitrogens with one attached hydrogen (secondary N) is 1. The zero-order valence-electron chi connectivity index (χ0n) is 19.0. The van der Waals surface area contributed by atoms with Gasteiger partial charge in [0.15, 0.2) is 0 Å². The molecule has 5 rings (SSSR count). The molecule has 0 saturated carbocycles. The van der Waals surface area contributed by atoms with E-state index in [4.69, 9.17) is 27.9 Å². The molecular formula is C23H24Cl2FN7O2. The van der Waals surface area contributed by atoms with Gasteiger partial charge in [-0.1, -0.05) is 23.2 Å². The third-order valence-electron chi connectivity index (χ3n) is 6.18. The molecule has 2 saturated heterocycles. The highest BCUT2D eigenvalue weighted by atomic mass is 35.5. The third-order valence-corrected chi connectivity index (χ3v) is 6.83. The Labute approximate surface area is 211 Å². The van der Waals surface area contributed by atoms with Crippen LogP contribution in [0.1, 0.15) is 12.5 Å². The summed E-state index contributed by atoms with van der Waals surface area (Å²) in [6, 6.07) is 6.92. The Morgan fingerprint density at radius 3 is 2.71 bits per heavy atom. The van der Waals surface area contributed by atoms with Crippen LogP contribution < -0.4 is 10.2 Å². The maximum atomic E-state index is 14.7. The summed E-state index contributed by atoms with van der Waals surface area (Å²) in [6.07, 6.45) is 2.57. The number of hydrogen-bond acceptors (Lipinski definition) is 7. The van der Waals surface area contributed by atoms with Crippen molar-refractivity contribution >= 4 is 46.4 Å². The first kappa shape index (κ1) is 23.9. The van der Waals surface area contributed by atoms with Crippen LogP contribution in [-0.4, -0.2) is 76.6 Å². The molecule has 35 heavy (non-hydrogen) atoms. The Morgan fingerprint density at radius 1 is 1.17 bits per heavy atom. The number of nitrogens with zero attached hydrogens (tertiary/aromatic N) is 6. The molecule has 12 heteroatoms. The van der Waals surface area contributed by atoms with Crippen LogP contribution >= 0.6 is 23.2 Å². The summed E-state index contributed by atoms with van der Waals surface area (Å²) in [5.74, 6) is 0.241. The third kappa shape index (κ3) is 4.97. The van der Waals surface area contributed by atoms with Crippen LogP contribution in [-0.2, 0) is 9.53 Å². The first-order valence-corrected chi connectivity index (χ1v) is 12.0. The number of ether oxygens (including phenoxy) is 1. The van der Waals surface area contributed by atoms with Crippen molar-refractivity contribution in [2.75, 3.05) is 50.1 Å². The van der Waals surface area contributed by atoms with Gasteiger partial charge in [-0.05, 0) is 37.7 Å². The van der Waals surface area contributed by atoms with E-state index >= 15 is 0 Å². The minimum Gasteiger partial charge on any atom is -0.370 e. The molecule has 4 heterocycles. The Balaban J connectivity index is 1.35. The largest absolute Gasteiger partial charge is 0.370 e. The molecule has 0 radical (unpaired) electrons. The molecule has 2 fully saturated rings. The van der Waals surface area contributed by atoms with Gasteiger partial charge in [-0.3, -0.25) is 4.79 Å². The standard InChI is InChI=1S/C23H24Cl2FN7O2/c1-31-7-6-19(18(26)12-31)33-22(25)16(10-28-33)21-17(24)11-27-23(30-21)29-14-2-4-15(5-3-14)32-8-9-35-13-20(32)34/h2-5,10-11,18-19H,6-9,12-13H2,1H3,(H,27,29,30)/t18-,19-/m0/s1. The number of piperidine rings is 1. The number of aromatic nitrogens is 4. The van der Waals surface area contributed by atoms with Crippen LogP contribution in [0, 0.1) is 0 Å². The van der Waals surface area contributed by atoms with Crippen LogP contribution in [0.4, 0.5) is 21.7 Å². The minimum absolute atomic E-state index is 0.0700. The summed E-state index contributed by atoms with van der Waals surface area (Å²) >= 11 is 13.0. The average molecular weight is 520 g/mol. The fourth-order valence-corrected chi connectivity index (χ4v) is 4.82. The van der Waals surface area contributed by atoms with E-state index in [0.29, 0.717) is 48.3 Å². The Hall–Kier alpha value is -2.79. The lowest BCUT2D eigenvalue weighted by molar-refractivity contribution is -0.125. The van der Waals surface area contributed by atoms with Gasteiger partial charge in [0.05, 0.1) is 41.3 Å². The predicted molar refractivity (Wildman–Crippen MR) is 132 cm³/mol. The molecule has 1 amide bonds. The van der Waals surface area contributed by atoms with Gasteiger partial charge in [-0.25, -0.2) is 19.0 Å². The van der Waals surface area contributed by atoms with Crippen molar-refractivity contribution in [1.82, 2.24) is 24.6 Å². The number of benzene rings is 1. The number of carbonyl (C=O) groups excluding carboxylic acids is 1. The summed E-state index contributed by atoms with van der Waals surface area (Å²) in [4.78, 5) is 24.5. The van der Waals surface area contributed by atoms with E-state index in [-0.39, 0.29) is 17.7 Å². The van der Waals surface area contributed by atoms with Crippen molar-refractivity contribution in [3.05, 3.63) is 46.8 Å². The number of alkyl halides is 1. The molecule has 184 valence electrons. The van der Waals surface area contributed by atoms with Crippen LogP contribution in [0.5, 0.6) is 0 Å². The van der Waals surface area contributed by atoms with Crippen LogP contribution in [0.3, 0.4) is 0 Å². The van der Waals surface area contributed by atoms with Crippen molar-refractivity contribution in [1.29, 1.82) is 0 Å². The SMILES string of the molecule is CN1CC[C@H](n2ncc(-c3nc(Nc4ccc(N5CCOCC5=O)cc4)ncc3Cl)c2Cl)[C@@H](F)C1. The maximum Gasteiger partial charge on any atom is 0.253 e. The number of anilines is 3. The van der Waals surface area contributed by atoms with Gasteiger partial charge in [0, 0.05) is 31.0 Å². The second kappa shape index (κ2) is 10.1. The summed E-state index contributed by atoms with van der Waals surface area (Å²) in [5, 5.41) is 8.08. The molecule has 1 N–H and O–H groups in total. The topological polar surface area (TPSA) is 88.4 Å². The number of amides is 1.